The number of fused-ring (bicyclic) bond motifs is 1. The van der Waals surface area contributed by atoms with Crippen molar-refractivity contribution in [3.8, 4) is 0 Å². The summed E-state index contributed by atoms with van der Waals surface area (Å²) in [5, 5.41) is 10.3. The van der Waals surface area contributed by atoms with E-state index >= 15 is 0 Å². The van der Waals surface area contributed by atoms with Crippen LogP contribution in [0.5, 0.6) is 0 Å². The van der Waals surface area contributed by atoms with E-state index in [0.29, 0.717) is 5.56 Å². The molecule has 0 bridgehead atoms. The lowest BCUT2D eigenvalue weighted by molar-refractivity contribution is -0.00116. The van der Waals surface area contributed by atoms with Crippen molar-refractivity contribution in [3.63, 3.8) is 0 Å². The van der Waals surface area contributed by atoms with Gasteiger partial charge in [-0.15, -0.1) is 0 Å². The zero-order chi connectivity index (χ0) is 14.8. The molecule has 0 fully saturated rings. The average molecular weight is 280 g/mol. The third kappa shape index (κ3) is 2.73. The Labute approximate surface area is 123 Å². The fraction of sp³-hybridized carbons (Fsp3) is 0.167. The predicted octanol–water partition coefficient (Wildman–Crippen LogP) is 3.28. The Morgan fingerprint density at radius 2 is 1.95 bits per heavy atom. The standard InChI is InChI=1S/C18H16O3/c1-12-5-4-7-14(11-12)18(20)21-16-10-9-13-6-2-3-8-15(13)17(16)19/h2-11,16-17,19H,1H3/t16-,17-/m0/s1. The van der Waals surface area contributed by atoms with Crippen molar-refractivity contribution in [2.45, 2.75) is 19.1 Å². The molecule has 0 saturated heterocycles. The van der Waals surface area contributed by atoms with E-state index in [1.54, 1.807) is 18.2 Å². The first kappa shape index (κ1) is 13.6. The van der Waals surface area contributed by atoms with Gasteiger partial charge in [0.25, 0.3) is 0 Å². The first-order chi connectivity index (χ1) is 10.1. The molecule has 0 spiro atoms. The summed E-state index contributed by atoms with van der Waals surface area (Å²) in [6, 6.07) is 14.8. The predicted molar refractivity (Wildman–Crippen MR) is 80.8 cm³/mol. The summed E-state index contributed by atoms with van der Waals surface area (Å²) < 4.78 is 5.43. The van der Waals surface area contributed by atoms with Crippen molar-refractivity contribution in [2.24, 2.45) is 0 Å². The topological polar surface area (TPSA) is 46.5 Å². The number of hydrogen-bond acceptors (Lipinski definition) is 3. The van der Waals surface area contributed by atoms with Gasteiger partial charge in [0.05, 0.1) is 5.56 Å². The highest BCUT2D eigenvalue weighted by Gasteiger charge is 2.27. The second-order valence-corrected chi connectivity index (χ2v) is 5.17. The third-order valence-corrected chi connectivity index (χ3v) is 3.59. The number of hydrogen-bond donors (Lipinski definition) is 1. The smallest absolute Gasteiger partial charge is 0.338 e. The zero-order valence-electron chi connectivity index (χ0n) is 11.7. The van der Waals surface area contributed by atoms with Crippen LogP contribution in [0.3, 0.4) is 0 Å². The van der Waals surface area contributed by atoms with Gasteiger partial charge in [-0.2, -0.15) is 0 Å². The highest BCUT2D eigenvalue weighted by molar-refractivity contribution is 5.90. The van der Waals surface area contributed by atoms with Crippen molar-refractivity contribution in [2.75, 3.05) is 0 Å². The van der Waals surface area contributed by atoms with Crippen molar-refractivity contribution in [3.05, 3.63) is 76.9 Å². The molecular weight excluding hydrogens is 264 g/mol. The number of benzene rings is 2. The molecule has 0 saturated carbocycles. The second-order valence-electron chi connectivity index (χ2n) is 5.17. The number of rotatable bonds is 2. The summed E-state index contributed by atoms with van der Waals surface area (Å²) >= 11 is 0. The molecule has 0 aromatic heterocycles. The fourth-order valence-corrected chi connectivity index (χ4v) is 2.48. The summed E-state index contributed by atoms with van der Waals surface area (Å²) in [6.07, 6.45) is 2.10. The number of ether oxygens (including phenoxy) is 1. The number of aryl methyl sites for hydroxylation is 1. The summed E-state index contributed by atoms with van der Waals surface area (Å²) in [4.78, 5) is 12.2. The van der Waals surface area contributed by atoms with Crippen LogP contribution in [0, 0.1) is 6.92 Å². The van der Waals surface area contributed by atoms with E-state index < -0.39 is 18.2 Å². The first-order valence-electron chi connectivity index (χ1n) is 6.88. The van der Waals surface area contributed by atoms with Crippen LogP contribution in [-0.4, -0.2) is 17.2 Å². The molecule has 106 valence electrons. The summed E-state index contributed by atoms with van der Waals surface area (Å²) in [7, 11) is 0. The first-order valence-corrected chi connectivity index (χ1v) is 6.88. The molecule has 0 radical (unpaired) electrons. The maximum Gasteiger partial charge on any atom is 0.338 e. The van der Waals surface area contributed by atoms with Crippen LogP contribution in [0.2, 0.25) is 0 Å². The van der Waals surface area contributed by atoms with Crippen molar-refractivity contribution in [1.29, 1.82) is 0 Å². The minimum atomic E-state index is -0.833. The highest BCUT2D eigenvalue weighted by Crippen LogP contribution is 2.30. The van der Waals surface area contributed by atoms with Gasteiger partial charge in [0.15, 0.2) is 6.10 Å². The van der Waals surface area contributed by atoms with Crippen LogP contribution in [-0.2, 0) is 4.74 Å². The van der Waals surface area contributed by atoms with Crippen LogP contribution in [0.4, 0.5) is 0 Å². The van der Waals surface area contributed by atoms with E-state index in [-0.39, 0.29) is 0 Å². The van der Waals surface area contributed by atoms with Crippen molar-refractivity contribution >= 4 is 12.0 Å². The Kier molecular flexibility index (Phi) is 3.59. The lowest BCUT2D eigenvalue weighted by atomic mass is 9.93. The molecule has 3 rings (SSSR count). The monoisotopic (exact) mass is 280 g/mol. The van der Waals surface area contributed by atoms with Gasteiger partial charge in [-0.1, -0.05) is 48.0 Å². The molecule has 3 nitrogen and oxygen atoms in total. The van der Waals surface area contributed by atoms with Gasteiger partial charge in [-0.25, -0.2) is 4.79 Å². The minimum Gasteiger partial charge on any atom is -0.451 e. The second kappa shape index (κ2) is 5.54. The Balaban J connectivity index is 1.79. The van der Waals surface area contributed by atoms with E-state index in [9.17, 15) is 9.90 Å². The van der Waals surface area contributed by atoms with E-state index in [1.165, 1.54) is 0 Å². The van der Waals surface area contributed by atoms with Gasteiger partial charge in [-0.3, -0.25) is 0 Å². The summed E-state index contributed by atoms with van der Waals surface area (Å²) in [6.45, 7) is 1.92. The number of aliphatic hydroxyl groups is 1. The number of esters is 1. The van der Waals surface area contributed by atoms with Gasteiger partial charge < -0.3 is 9.84 Å². The molecular formula is C18H16O3. The van der Waals surface area contributed by atoms with E-state index in [1.807, 2.05) is 49.4 Å². The van der Waals surface area contributed by atoms with Gasteiger partial charge in [-0.05, 0) is 36.3 Å². The number of aliphatic hydroxyl groups excluding tert-OH is 1. The Morgan fingerprint density at radius 3 is 2.76 bits per heavy atom. The van der Waals surface area contributed by atoms with Crippen LogP contribution in [0.25, 0.3) is 6.08 Å². The fourth-order valence-electron chi connectivity index (χ4n) is 2.48. The average Bonchev–Trinajstić information content (AvgIpc) is 2.50. The summed E-state index contributed by atoms with van der Waals surface area (Å²) in [5.74, 6) is -0.424. The van der Waals surface area contributed by atoms with Crippen LogP contribution >= 0.6 is 0 Å². The number of carbonyl (C=O) groups is 1. The Hall–Kier alpha value is -2.39. The molecule has 21 heavy (non-hydrogen) atoms. The maximum absolute atomic E-state index is 12.2. The molecule has 3 heteroatoms. The van der Waals surface area contributed by atoms with E-state index in [2.05, 4.69) is 0 Å². The molecule has 2 atom stereocenters. The lowest BCUT2D eigenvalue weighted by Crippen LogP contribution is -2.26. The Bertz CT molecular complexity index is 703. The molecule has 2 aromatic carbocycles. The molecule has 2 aromatic rings. The lowest BCUT2D eigenvalue weighted by Gasteiger charge is -2.25. The van der Waals surface area contributed by atoms with Crippen LogP contribution in [0.1, 0.15) is 33.2 Å². The summed E-state index contributed by atoms with van der Waals surface area (Å²) in [5.41, 5.74) is 3.22. The largest absolute Gasteiger partial charge is 0.451 e. The van der Waals surface area contributed by atoms with E-state index in [0.717, 1.165) is 16.7 Å². The molecule has 0 heterocycles. The molecule has 1 aliphatic rings. The third-order valence-electron chi connectivity index (χ3n) is 3.59. The molecule has 0 unspecified atom stereocenters. The maximum atomic E-state index is 12.2. The SMILES string of the molecule is Cc1cccc(C(=O)O[C@H]2C=Cc3ccccc3[C@@H]2O)c1. The highest BCUT2D eigenvalue weighted by atomic mass is 16.6. The van der Waals surface area contributed by atoms with Crippen molar-refractivity contribution < 1.29 is 14.6 Å². The Morgan fingerprint density at radius 1 is 1.14 bits per heavy atom. The zero-order valence-corrected chi connectivity index (χ0v) is 11.7. The molecule has 0 aliphatic heterocycles. The van der Waals surface area contributed by atoms with E-state index in [4.69, 9.17) is 4.74 Å². The molecule has 1 aliphatic carbocycles. The normalized spacial score (nSPS) is 19.9. The van der Waals surface area contributed by atoms with Gasteiger partial charge in [0, 0.05) is 0 Å². The van der Waals surface area contributed by atoms with Crippen LogP contribution < -0.4 is 0 Å². The molecule has 0 amide bonds. The van der Waals surface area contributed by atoms with Gasteiger partial charge >= 0.3 is 5.97 Å². The number of carbonyl (C=O) groups excluding carboxylic acids is 1. The molecule has 1 N–H and O–H groups in total. The quantitative estimate of drug-likeness (QED) is 0.859. The van der Waals surface area contributed by atoms with Gasteiger partial charge in [0.1, 0.15) is 6.10 Å². The van der Waals surface area contributed by atoms with Crippen LogP contribution in [0.15, 0.2) is 54.6 Å². The van der Waals surface area contributed by atoms with Crippen molar-refractivity contribution in [1.82, 2.24) is 0 Å². The van der Waals surface area contributed by atoms with Gasteiger partial charge in [0.2, 0.25) is 0 Å². The minimum absolute atomic E-state index is 0.424.